The number of nitrogens with one attached hydrogen (secondary N) is 2. The lowest BCUT2D eigenvalue weighted by molar-refractivity contribution is 0.00493. The molecule has 3 N–H and O–H groups in total. The monoisotopic (exact) mass is 356 g/mol. The van der Waals surface area contributed by atoms with Crippen molar-refractivity contribution >= 4 is 27.6 Å². The van der Waals surface area contributed by atoms with E-state index in [0.29, 0.717) is 6.54 Å². The normalized spacial score (nSPS) is 25.6. The summed E-state index contributed by atoms with van der Waals surface area (Å²) in [5.41, 5.74) is -0.617. The van der Waals surface area contributed by atoms with Crippen molar-refractivity contribution in [1.29, 1.82) is 0 Å². The number of aromatic nitrogens is 2. The van der Waals surface area contributed by atoms with Gasteiger partial charge in [0.05, 0.1) is 5.60 Å². The minimum atomic E-state index is -0.617. The molecule has 21 heavy (non-hydrogen) atoms. The molecule has 0 amide bonds. The minimum Gasteiger partial charge on any atom is -0.388 e. The van der Waals surface area contributed by atoms with E-state index in [4.69, 9.17) is 0 Å². The van der Waals surface area contributed by atoms with Gasteiger partial charge in [-0.05, 0) is 54.0 Å². The maximum atomic E-state index is 10.6. The van der Waals surface area contributed by atoms with Gasteiger partial charge in [-0.2, -0.15) is 0 Å². The summed E-state index contributed by atoms with van der Waals surface area (Å²) in [5.74, 6) is 2.25. The molecule has 0 spiro atoms. The molecule has 0 aliphatic heterocycles. The van der Waals surface area contributed by atoms with E-state index in [2.05, 4.69) is 50.4 Å². The van der Waals surface area contributed by atoms with Gasteiger partial charge in [-0.25, -0.2) is 9.97 Å². The maximum Gasteiger partial charge on any atom is 0.146 e. The number of hydrogen-bond acceptors (Lipinski definition) is 5. The highest BCUT2D eigenvalue weighted by Gasteiger charge is 2.31. The van der Waals surface area contributed by atoms with Crippen molar-refractivity contribution in [2.45, 2.75) is 51.6 Å². The zero-order chi connectivity index (χ0) is 15.3. The molecule has 5 nitrogen and oxygen atoms in total. The van der Waals surface area contributed by atoms with E-state index in [9.17, 15) is 5.11 Å². The Labute approximate surface area is 135 Å². The number of anilines is 2. The fourth-order valence-electron chi connectivity index (χ4n) is 2.58. The van der Waals surface area contributed by atoms with Gasteiger partial charge in [-0.1, -0.05) is 13.8 Å². The van der Waals surface area contributed by atoms with Gasteiger partial charge in [0.25, 0.3) is 0 Å². The van der Waals surface area contributed by atoms with Crippen LogP contribution in [0.15, 0.2) is 10.8 Å². The van der Waals surface area contributed by atoms with Crippen molar-refractivity contribution < 1.29 is 5.11 Å². The third-order valence-electron chi connectivity index (χ3n) is 4.12. The lowest BCUT2D eigenvalue weighted by Gasteiger charge is -2.35. The van der Waals surface area contributed by atoms with Crippen molar-refractivity contribution in [2.75, 3.05) is 23.7 Å². The van der Waals surface area contributed by atoms with Crippen molar-refractivity contribution in [2.24, 2.45) is 5.92 Å². The zero-order valence-electron chi connectivity index (χ0n) is 12.8. The molecule has 1 aromatic rings. The number of nitrogens with zero attached hydrogens (tertiary/aromatic N) is 2. The van der Waals surface area contributed by atoms with E-state index >= 15 is 0 Å². The largest absolute Gasteiger partial charge is 0.388 e. The average molecular weight is 357 g/mol. The summed E-state index contributed by atoms with van der Waals surface area (Å²) in [6, 6.07) is 0. The van der Waals surface area contributed by atoms with Crippen LogP contribution in [0.1, 0.15) is 46.0 Å². The molecule has 0 saturated heterocycles. The Morgan fingerprint density at radius 1 is 1.29 bits per heavy atom. The SMILES string of the molecule is CCCNc1ncnc(NCC2(O)CCC(C)CC2)c1Br. The van der Waals surface area contributed by atoms with E-state index in [-0.39, 0.29) is 0 Å². The van der Waals surface area contributed by atoms with Crippen LogP contribution in [-0.2, 0) is 0 Å². The van der Waals surface area contributed by atoms with Crippen molar-refractivity contribution in [3.8, 4) is 0 Å². The lowest BCUT2D eigenvalue weighted by atomic mass is 9.79. The second kappa shape index (κ2) is 7.40. The van der Waals surface area contributed by atoms with Gasteiger partial charge in [-0.3, -0.25) is 0 Å². The topological polar surface area (TPSA) is 70.1 Å². The van der Waals surface area contributed by atoms with Crippen LogP contribution < -0.4 is 10.6 Å². The molecule has 0 aromatic carbocycles. The summed E-state index contributed by atoms with van der Waals surface area (Å²) in [6.07, 6.45) is 6.46. The minimum absolute atomic E-state index is 0.530. The van der Waals surface area contributed by atoms with Gasteiger partial charge >= 0.3 is 0 Å². The molecule has 2 rings (SSSR count). The van der Waals surface area contributed by atoms with Crippen LogP contribution in [-0.4, -0.2) is 33.8 Å². The van der Waals surface area contributed by atoms with Gasteiger partial charge in [0, 0.05) is 13.1 Å². The number of aliphatic hydroxyl groups is 1. The first kappa shape index (κ1) is 16.5. The standard InChI is InChI=1S/C15H25BrN4O/c1-3-8-17-13-12(16)14(20-10-19-13)18-9-15(21)6-4-11(2)5-7-15/h10-11,21H,3-9H2,1-2H3,(H2,17,18,19,20). The first-order valence-corrected chi connectivity index (χ1v) is 8.54. The molecule has 0 unspecified atom stereocenters. The number of hydrogen-bond donors (Lipinski definition) is 3. The smallest absolute Gasteiger partial charge is 0.146 e. The highest BCUT2D eigenvalue weighted by Crippen LogP contribution is 2.33. The average Bonchev–Trinajstić information content (AvgIpc) is 2.48. The molecule has 0 atom stereocenters. The first-order valence-electron chi connectivity index (χ1n) is 7.74. The van der Waals surface area contributed by atoms with Crippen LogP contribution in [0.4, 0.5) is 11.6 Å². The second-order valence-corrected chi connectivity index (χ2v) is 6.87. The second-order valence-electron chi connectivity index (χ2n) is 6.07. The van der Waals surface area contributed by atoms with Crippen molar-refractivity contribution in [1.82, 2.24) is 9.97 Å². The van der Waals surface area contributed by atoms with Crippen LogP contribution in [0.25, 0.3) is 0 Å². The Bertz CT molecular complexity index is 461. The summed E-state index contributed by atoms with van der Waals surface area (Å²) >= 11 is 3.53. The lowest BCUT2D eigenvalue weighted by Crippen LogP contribution is -2.40. The Kier molecular flexibility index (Phi) is 5.81. The van der Waals surface area contributed by atoms with Gasteiger partial charge in [0.1, 0.15) is 22.4 Å². The third kappa shape index (κ3) is 4.54. The highest BCUT2D eigenvalue weighted by atomic mass is 79.9. The predicted octanol–water partition coefficient (Wildman–Crippen LogP) is 3.41. The van der Waals surface area contributed by atoms with Crippen LogP contribution in [0, 0.1) is 5.92 Å². The Morgan fingerprint density at radius 3 is 2.52 bits per heavy atom. The maximum absolute atomic E-state index is 10.6. The van der Waals surface area contributed by atoms with Crippen LogP contribution >= 0.6 is 15.9 Å². The van der Waals surface area contributed by atoms with Crippen LogP contribution in [0.3, 0.4) is 0 Å². The van der Waals surface area contributed by atoms with Crippen molar-refractivity contribution in [3.63, 3.8) is 0 Å². The molecule has 1 aliphatic carbocycles. The van der Waals surface area contributed by atoms with E-state index in [1.807, 2.05) is 0 Å². The molecule has 1 saturated carbocycles. The number of halogens is 1. The van der Waals surface area contributed by atoms with Crippen LogP contribution in [0.5, 0.6) is 0 Å². The molecule has 0 radical (unpaired) electrons. The summed E-state index contributed by atoms with van der Waals surface area (Å²) in [5, 5.41) is 17.1. The highest BCUT2D eigenvalue weighted by molar-refractivity contribution is 9.10. The third-order valence-corrected chi connectivity index (χ3v) is 4.87. The molecule has 118 valence electrons. The van der Waals surface area contributed by atoms with Crippen LogP contribution in [0.2, 0.25) is 0 Å². The summed E-state index contributed by atoms with van der Waals surface area (Å²) in [4.78, 5) is 8.48. The Balaban J connectivity index is 1.96. The first-order chi connectivity index (χ1) is 10.0. The van der Waals surface area contributed by atoms with E-state index < -0.39 is 5.60 Å². The zero-order valence-corrected chi connectivity index (χ0v) is 14.4. The molecule has 0 bridgehead atoms. The molecule has 1 heterocycles. The van der Waals surface area contributed by atoms with Gasteiger partial charge in [0.2, 0.25) is 0 Å². The molecule has 1 aliphatic rings. The molecule has 6 heteroatoms. The molecular weight excluding hydrogens is 332 g/mol. The van der Waals surface area contributed by atoms with Gasteiger partial charge in [0.15, 0.2) is 0 Å². The fourth-order valence-corrected chi connectivity index (χ4v) is 3.07. The molecule has 1 fully saturated rings. The quantitative estimate of drug-likeness (QED) is 0.728. The van der Waals surface area contributed by atoms with Gasteiger partial charge in [-0.15, -0.1) is 0 Å². The summed E-state index contributed by atoms with van der Waals surface area (Å²) in [6.45, 7) is 5.76. The summed E-state index contributed by atoms with van der Waals surface area (Å²) < 4.78 is 0.825. The summed E-state index contributed by atoms with van der Waals surface area (Å²) in [7, 11) is 0. The Morgan fingerprint density at radius 2 is 1.90 bits per heavy atom. The molecular formula is C15H25BrN4O. The van der Waals surface area contributed by atoms with Gasteiger partial charge < -0.3 is 15.7 Å². The predicted molar refractivity (Wildman–Crippen MR) is 89.6 cm³/mol. The number of rotatable bonds is 6. The van der Waals surface area contributed by atoms with Crippen molar-refractivity contribution in [3.05, 3.63) is 10.8 Å². The van der Waals surface area contributed by atoms with E-state index in [1.54, 1.807) is 0 Å². The van der Waals surface area contributed by atoms with E-state index in [0.717, 1.165) is 60.7 Å². The Hall–Kier alpha value is -0.880. The van der Waals surface area contributed by atoms with E-state index in [1.165, 1.54) is 6.33 Å². The fraction of sp³-hybridized carbons (Fsp3) is 0.733. The molecule has 1 aromatic heterocycles.